The van der Waals surface area contributed by atoms with Gasteiger partial charge in [0.15, 0.2) is 0 Å². The molecule has 1 N–H and O–H groups in total. The van der Waals surface area contributed by atoms with Gasteiger partial charge in [0.2, 0.25) is 0 Å². The van der Waals surface area contributed by atoms with Crippen LogP contribution in [0, 0.1) is 0 Å². The molecule has 0 saturated carbocycles. The van der Waals surface area contributed by atoms with Gasteiger partial charge >= 0.3 is 0 Å². The van der Waals surface area contributed by atoms with E-state index in [1.165, 1.54) is 0 Å². The molecule has 0 unspecified atom stereocenters. The SMILES string of the molecule is O[C@H]1CC=CC[C@H]1OCc1ccccc1. The van der Waals surface area contributed by atoms with Gasteiger partial charge in [-0.1, -0.05) is 42.5 Å². The summed E-state index contributed by atoms with van der Waals surface area (Å²) in [6, 6.07) is 10.0. The minimum absolute atomic E-state index is 0.0461. The second-order valence-electron chi connectivity index (χ2n) is 3.85. The van der Waals surface area contributed by atoms with Crippen molar-refractivity contribution >= 4 is 0 Å². The van der Waals surface area contributed by atoms with Crippen LogP contribution in [0.1, 0.15) is 18.4 Å². The monoisotopic (exact) mass is 204 g/mol. The zero-order valence-corrected chi connectivity index (χ0v) is 8.67. The third kappa shape index (κ3) is 2.91. The van der Waals surface area contributed by atoms with Gasteiger partial charge in [-0.15, -0.1) is 0 Å². The summed E-state index contributed by atoms with van der Waals surface area (Å²) >= 11 is 0. The Morgan fingerprint density at radius 3 is 2.60 bits per heavy atom. The van der Waals surface area contributed by atoms with Crippen LogP contribution >= 0.6 is 0 Å². The Kier molecular flexibility index (Phi) is 3.54. The molecule has 1 aromatic carbocycles. The van der Waals surface area contributed by atoms with Crippen molar-refractivity contribution in [3.63, 3.8) is 0 Å². The Bertz CT molecular complexity index is 319. The zero-order valence-electron chi connectivity index (χ0n) is 8.67. The maximum absolute atomic E-state index is 9.67. The Labute approximate surface area is 90.2 Å². The predicted octanol–water partition coefficient (Wildman–Crippen LogP) is 2.28. The van der Waals surface area contributed by atoms with Crippen LogP contribution in [0.15, 0.2) is 42.5 Å². The van der Waals surface area contributed by atoms with Gasteiger partial charge in [0.05, 0.1) is 18.8 Å². The molecule has 2 atom stereocenters. The van der Waals surface area contributed by atoms with E-state index >= 15 is 0 Å². The van der Waals surface area contributed by atoms with E-state index in [0.717, 1.165) is 12.0 Å². The molecule has 0 amide bonds. The van der Waals surface area contributed by atoms with Gasteiger partial charge in [0.1, 0.15) is 0 Å². The quantitative estimate of drug-likeness (QED) is 0.765. The molecule has 0 aliphatic heterocycles. The highest BCUT2D eigenvalue weighted by atomic mass is 16.5. The maximum Gasteiger partial charge on any atom is 0.0875 e. The molecule has 0 fully saturated rings. The van der Waals surface area contributed by atoms with Crippen LogP contribution in [0.5, 0.6) is 0 Å². The van der Waals surface area contributed by atoms with Gasteiger partial charge in [0, 0.05) is 0 Å². The number of aliphatic hydroxyl groups is 1. The van der Waals surface area contributed by atoms with E-state index in [4.69, 9.17) is 4.74 Å². The number of aliphatic hydroxyl groups excluding tert-OH is 1. The second kappa shape index (κ2) is 5.10. The van der Waals surface area contributed by atoms with Crippen LogP contribution in [-0.2, 0) is 11.3 Å². The fourth-order valence-electron chi connectivity index (χ4n) is 1.73. The van der Waals surface area contributed by atoms with E-state index in [9.17, 15) is 5.11 Å². The van der Waals surface area contributed by atoms with Crippen molar-refractivity contribution in [2.24, 2.45) is 0 Å². The zero-order chi connectivity index (χ0) is 10.5. The van der Waals surface area contributed by atoms with Gasteiger partial charge < -0.3 is 9.84 Å². The maximum atomic E-state index is 9.67. The number of rotatable bonds is 3. The summed E-state index contributed by atoms with van der Waals surface area (Å²) in [5.41, 5.74) is 1.15. The van der Waals surface area contributed by atoms with Crippen LogP contribution in [0.25, 0.3) is 0 Å². The van der Waals surface area contributed by atoms with Crippen LogP contribution < -0.4 is 0 Å². The lowest BCUT2D eigenvalue weighted by Crippen LogP contribution is -2.30. The largest absolute Gasteiger partial charge is 0.390 e. The number of ether oxygens (including phenoxy) is 1. The molecule has 80 valence electrons. The Morgan fingerprint density at radius 2 is 1.87 bits per heavy atom. The number of hydrogen-bond acceptors (Lipinski definition) is 2. The molecule has 2 heteroatoms. The normalized spacial score (nSPS) is 25.4. The van der Waals surface area contributed by atoms with Crippen LogP contribution in [0.4, 0.5) is 0 Å². The molecule has 1 aromatic rings. The van der Waals surface area contributed by atoms with Crippen molar-refractivity contribution in [3.8, 4) is 0 Å². The fraction of sp³-hybridized carbons (Fsp3) is 0.385. The van der Waals surface area contributed by atoms with Crippen molar-refractivity contribution in [3.05, 3.63) is 48.0 Å². The molecule has 0 heterocycles. The lowest BCUT2D eigenvalue weighted by Gasteiger charge is -2.24. The van der Waals surface area contributed by atoms with E-state index in [2.05, 4.69) is 6.08 Å². The minimum atomic E-state index is -0.348. The summed E-state index contributed by atoms with van der Waals surface area (Å²) in [5.74, 6) is 0. The van der Waals surface area contributed by atoms with Crippen molar-refractivity contribution < 1.29 is 9.84 Å². The molecular weight excluding hydrogens is 188 g/mol. The third-order valence-electron chi connectivity index (χ3n) is 2.65. The van der Waals surface area contributed by atoms with Crippen molar-refractivity contribution in [2.45, 2.75) is 31.7 Å². The van der Waals surface area contributed by atoms with Crippen LogP contribution in [-0.4, -0.2) is 17.3 Å². The van der Waals surface area contributed by atoms with Crippen molar-refractivity contribution in [1.82, 2.24) is 0 Å². The van der Waals surface area contributed by atoms with E-state index in [0.29, 0.717) is 13.0 Å². The van der Waals surface area contributed by atoms with E-state index in [1.54, 1.807) is 0 Å². The highest BCUT2D eigenvalue weighted by Gasteiger charge is 2.20. The highest BCUT2D eigenvalue weighted by molar-refractivity contribution is 5.13. The number of hydrogen-bond donors (Lipinski definition) is 1. The van der Waals surface area contributed by atoms with Crippen molar-refractivity contribution in [1.29, 1.82) is 0 Å². The smallest absolute Gasteiger partial charge is 0.0875 e. The van der Waals surface area contributed by atoms with E-state index < -0.39 is 0 Å². The van der Waals surface area contributed by atoms with Gasteiger partial charge in [-0.3, -0.25) is 0 Å². The van der Waals surface area contributed by atoms with Crippen LogP contribution in [0.3, 0.4) is 0 Å². The Balaban J connectivity index is 1.85. The third-order valence-corrected chi connectivity index (χ3v) is 2.65. The van der Waals surface area contributed by atoms with E-state index in [-0.39, 0.29) is 12.2 Å². The van der Waals surface area contributed by atoms with Crippen molar-refractivity contribution in [2.75, 3.05) is 0 Å². The first kappa shape index (κ1) is 10.4. The van der Waals surface area contributed by atoms with E-state index in [1.807, 2.05) is 36.4 Å². The molecule has 0 bridgehead atoms. The molecule has 0 spiro atoms. The van der Waals surface area contributed by atoms with Gasteiger partial charge in [-0.2, -0.15) is 0 Å². The average Bonchev–Trinajstić information content (AvgIpc) is 2.29. The topological polar surface area (TPSA) is 29.5 Å². The molecule has 15 heavy (non-hydrogen) atoms. The standard InChI is InChI=1S/C13H16O2/c14-12-8-4-5-9-13(12)15-10-11-6-2-1-3-7-11/h1-7,12-14H,8-10H2/t12-,13+/m0/s1. The summed E-state index contributed by atoms with van der Waals surface area (Å²) in [6.07, 6.45) is 5.21. The summed E-state index contributed by atoms with van der Waals surface area (Å²) in [5, 5.41) is 9.67. The highest BCUT2D eigenvalue weighted by Crippen LogP contribution is 2.16. The molecular formula is C13H16O2. The fourth-order valence-corrected chi connectivity index (χ4v) is 1.73. The first-order chi connectivity index (χ1) is 7.36. The summed E-state index contributed by atoms with van der Waals surface area (Å²) < 4.78 is 5.68. The molecule has 0 radical (unpaired) electrons. The van der Waals surface area contributed by atoms with Gasteiger partial charge in [-0.05, 0) is 18.4 Å². The number of benzene rings is 1. The van der Waals surface area contributed by atoms with Crippen LogP contribution in [0.2, 0.25) is 0 Å². The first-order valence-electron chi connectivity index (χ1n) is 5.35. The summed E-state index contributed by atoms with van der Waals surface area (Å²) in [6.45, 7) is 0.580. The molecule has 0 aromatic heterocycles. The van der Waals surface area contributed by atoms with Gasteiger partial charge in [0.25, 0.3) is 0 Å². The Hall–Kier alpha value is -1.12. The predicted molar refractivity (Wildman–Crippen MR) is 59.4 cm³/mol. The first-order valence-corrected chi connectivity index (χ1v) is 5.35. The molecule has 1 aliphatic carbocycles. The Morgan fingerprint density at radius 1 is 1.13 bits per heavy atom. The molecule has 2 nitrogen and oxygen atoms in total. The average molecular weight is 204 g/mol. The lowest BCUT2D eigenvalue weighted by atomic mass is 10.0. The van der Waals surface area contributed by atoms with Gasteiger partial charge in [-0.25, -0.2) is 0 Å². The lowest BCUT2D eigenvalue weighted by molar-refractivity contribution is -0.0456. The second-order valence-corrected chi connectivity index (χ2v) is 3.85. The molecule has 1 aliphatic rings. The molecule has 2 rings (SSSR count). The summed E-state index contributed by atoms with van der Waals surface area (Å²) in [4.78, 5) is 0. The summed E-state index contributed by atoms with van der Waals surface area (Å²) in [7, 11) is 0. The molecule has 0 saturated heterocycles. The minimum Gasteiger partial charge on any atom is -0.390 e.